The highest BCUT2D eigenvalue weighted by Gasteiger charge is 2.50. The van der Waals surface area contributed by atoms with Crippen molar-refractivity contribution < 1.29 is 73.2 Å². The minimum absolute atomic E-state index is 0.0141. The molecule has 0 spiro atoms. The van der Waals surface area contributed by atoms with E-state index in [4.69, 9.17) is 24.0 Å². The van der Waals surface area contributed by atoms with Crippen molar-refractivity contribution in [2.45, 2.75) is 118 Å². The molecule has 1 amide bonds. The first kappa shape index (κ1) is 60.1. The summed E-state index contributed by atoms with van der Waals surface area (Å²) in [6.45, 7) is 18.0. The number of hydrazone groups is 1. The number of aliphatic hydroxyl groups excluding tert-OH is 2. The average molecular weight is 1150 g/mol. The van der Waals surface area contributed by atoms with E-state index in [0.29, 0.717) is 62.6 Å². The van der Waals surface area contributed by atoms with Gasteiger partial charge in [0.05, 0.1) is 70.4 Å². The van der Waals surface area contributed by atoms with Crippen LogP contribution in [0.4, 0.5) is 15.8 Å². The summed E-state index contributed by atoms with van der Waals surface area (Å²) in [5, 5.41) is 77.9. The molecule has 1 aliphatic carbocycles. The van der Waals surface area contributed by atoms with E-state index in [-0.39, 0.29) is 61.9 Å². The summed E-state index contributed by atoms with van der Waals surface area (Å²) in [7, 11) is 1.42. The second kappa shape index (κ2) is 23.6. The van der Waals surface area contributed by atoms with Gasteiger partial charge in [-0.2, -0.15) is 5.10 Å². The molecule has 5 aliphatic heterocycles. The number of halogens is 1. The van der Waals surface area contributed by atoms with Gasteiger partial charge in [-0.1, -0.05) is 45.9 Å². The molecule has 4 aromatic rings. The standard InChI is InChI=1S/C61H75FN6O15/c1-29-12-11-13-30(2)58(76)64-47-41(25-63-67-21-19-65(20-22-67)26-37-16-18-66(27-37)49-32(4)48-39(38-14-15-38)24-40(60(78)79)59(77)68(48)28-42(49)62)53(73)44-45(54(47)74)52(72)35(7)56-46(44)57(75)61(9,83-56)81-23-17-43(80-10)31(3)55(82-36(8)69)34(6)51(71)33(5)50(29)70/h11-13,17,23-25,28-29,31,33-34,37-38,43,50-51,55,70-74H,14-16,18-22,26-27H2,1-10H3,(H,64,76)(H,78,79)/b12-11+,23-17+,30-13-,63-25-/t29-,31-,33-,34-,37?,43+,50+,51+,55-,61+/m1/s1. The molecule has 10 atom stereocenters. The van der Waals surface area contributed by atoms with Gasteiger partial charge in [-0.15, -0.1) is 0 Å². The zero-order valence-electron chi connectivity index (χ0n) is 48.4. The largest absolute Gasteiger partial charge is 0.507 e. The Labute approximate surface area is 479 Å². The predicted molar refractivity (Wildman–Crippen MR) is 307 cm³/mol. The number of Topliss-reactive ketones (excluding diaryl/α,β-unsaturated/α-hetero) is 1. The lowest BCUT2D eigenvalue weighted by Crippen LogP contribution is -2.46. The Bertz CT molecular complexity index is 3460. The monoisotopic (exact) mass is 1150 g/mol. The number of piperazine rings is 1. The van der Waals surface area contributed by atoms with E-state index < -0.39 is 106 Å². The first-order valence-electron chi connectivity index (χ1n) is 28.2. The fourth-order valence-electron chi connectivity index (χ4n) is 12.5. The van der Waals surface area contributed by atoms with Gasteiger partial charge < -0.3 is 59.8 Å². The van der Waals surface area contributed by atoms with Gasteiger partial charge in [0.25, 0.3) is 17.2 Å². The Morgan fingerprint density at radius 3 is 2.25 bits per heavy atom. The Morgan fingerprint density at radius 2 is 1.60 bits per heavy atom. The number of phenols is 3. The number of methoxy groups -OCH3 is 1. The van der Waals surface area contributed by atoms with Crippen molar-refractivity contribution in [2.24, 2.45) is 34.7 Å². The summed E-state index contributed by atoms with van der Waals surface area (Å²) >= 11 is 0. The van der Waals surface area contributed by atoms with Crippen molar-refractivity contribution >= 4 is 57.5 Å². The van der Waals surface area contributed by atoms with Gasteiger partial charge in [-0.3, -0.25) is 33.5 Å². The van der Waals surface area contributed by atoms with Crippen molar-refractivity contribution in [3.63, 3.8) is 0 Å². The highest BCUT2D eigenvalue weighted by molar-refractivity contribution is 6.24. The van der Waals surface area contributed by atoms with E-state index in [1.54, 1.807) is 51.8 Å². The fraction of sp³-hybridized carbons (Fsp3) is 0.508. The third kappa shape index (κ3) is 11.4. The van der Waals surface area contributed by atoms with Gasteiger partial charge in [-0.25, -0.2) is 9.18 Å². The molecular formula is C61H75FN6O15. The zero-order valence-corrected chi connectivity index (χ0v) is 48.4. The number of aliphatic hydroxyl groups is 2. The number of carbonyl (C=O) groups is 4. The number of phenolic OH excluding ortho intramolecular Hbond substituents is 3. The Morgan fingerprint density at radius 1 is 0.904 bits per heavy atom. The highest BCUT2D eigenvalue weighted by atomic mass is 19.1. The van der Waals surface area contributed by atoms with Crippen LogP contribution in [0.15, 0.2) is 58.3 Å². The number of esters is 1. The maximum absolute atomic E-state index is 16.1. The van der Waals surface area contributed by atoms with Crippen LogP contribution in [-0.4, -0.2) is 158 Å². The number of ketones is 1. The number of anilines is 2. The maximum atomic E-state index is 16.1. The van der Waals surface area contributed by atoms with Gasteiger partial charge in [0.15, 0.2) is 11.6 Å². The normalized spacial score (nSPS) is 29.0. The predicted octanol–water partition coefficient (Wildman–Crippen LogP) is 6.87. The number of aromatic carboxylic acids is 1. The lowest BCUT2D eigenvalue weighted by atomic mass is 9.78. The van der Waals surface area contributed by atoms with Crippen LogP contribution in [0, 0.1) is 49.3 Å². The van der Waals surface area contributed by atoms with Gasteiger partial charge >= 0.3 is 17.7 Å². The van der Waals surface area contributed by atoms with Gasteiger partial charge in [0.2, 0.25) is 0 Å². The first-order valence-corrected chi connectivity index (χ1v) is 28.2. The minimum Gasteiger partial charge on any atom is -0.507 e. The summed E-state index contributed by atoms with van der Waals surface area (Å²) in [6.07, 6.45) is 8.19. The molecule has 22 heteroatoms. The van der Waals surface area contributed by atoms with Crippen LogP contribution in [0.3, 0.4) is 0 Å². The second-order valence-corrected chi connectivity index (χ2v) is 23.3. The highest BCUT2D eigenvalue weighted by Crippen LogP contribution is 2.55. The molecule has 2 saturated heterocycles. The summed E-state index contributed by atoms with van der Waals surface area (Å²) in [4.78, 5) is 70.8. The van der Waals surface area contributed by atoms with Crippen LogP contribution in [0.2, 0.25) is 0 Å². The lowest BCUT2D eigenvalue weighted by Gasteiger charge is -2.38. The topological polar surface area (TPSA) is 282 Å². The minimum atomic E-state index is -2.11. The van der Waals surface area contributed by atoms with Crippen molar-refractivity contribution in [3.8, 4) is 23.0 Å². The van der Waals surface area contributed by atoms with Crippen molar-refractivity contribution in [1.82, 2.24) is 14.3 Å². The maximum Gasteiger partial charge on any atom is 0.341 e. The molecule has 21 nitrogen and oxygen atoms in total. The summed E-state index contributed by atoms with van der Waals surface area (Å²) in [5.74, 6) is -10.6. The molecule has 446 valence electrons. The summed E-state index contributed by atoms with van der Waals surface area (Å²) < 4.78 is 41.1. The molecule has 2 aromatic carbocycles. The Balaban J connectivity index is 1.00. The van der Waals surface area contributed by atoms with E-state index in [0.717, 1.165) is 35.4 Å². The van der Waals surface area contributed by atoms with Crippen molar-refractivity contribution in [2.75, 3.05) is 63.1 Å². The Hall–Kier alpha value is -7.53. The summed E-state index contributed by atoms with van der Waals surface area (Å²) in [5.41, 5.74) is 0.525. The van der Waals surface area contributed by atoms with E-state index in [9.17, 15) is 54.6 Å². The van der Waals surface area contributed by atoms with Crippen molar-refractivity contribution in [1.29, 1.82) is 0 Å². The molecule has 1 unspecified atom stereocenters. The SMILES string of the molecule is CO[C@H]1/C=C/O[C@@]2(C)Oc3c(C)c(O)c4c(O)c(c(/C=N\N5CCN(CC6CCN(c7c(F)cn8c(=O)c(C(=O)O)cc(C9CC9)c8c7C)C6)CC5)c(O)c4c3C2=O)NC(=O)/C(C)=C\C=C\[C@@H](C)[C@H](O)[C@@H](C)[C@H](O)[C@@H](C)[C@H](OC(C)=O)[C@@H]1C. The molecule has 6 aliphatic rings. The number of nitrogens with zero attached hydrogens (tertiary/aromatic N) is 5. The quantitative estimate of drug-likeness (QED) is 0.0390. The number of carboxylic acids is 1. The van der Waals surface area contributed by atoms with Gasteiger partial charge in [0, 0.05) is 107 Å². The van der Waals surface area contributed by atoms with Crippen LogP contribution >= 0.6 is 0 Å². The smallest absolute Gasteiger partial charge is 0.341 e. The van der Waals surface area contributed by atoms with Crippen LogP contribution in [-0.2, 0) is 23.8 Å². The molecule has 5 bridgehead atoms. The number of aromatic nitrogens is 1. The molecule has 10 rings (SSSR count). The lowest BCUT2D eigenvalue weighted by molar-refractivity contribution is -0.160. The zero-order chi connectivity index (χ0) is 60.3. The number of ether oxygens (including phenoxy) is 4. The third-order valence-corrected chi connectivity index (χ3v) is 17.5. The van der Waals surface area contributed by atoms with E-state index in [2.05, 4.69) is 10.2 Å². The molecule has 83 heavy (non-hydrogen) atoms. The van der Waals surface area contributed by atoms with Crippen LogP contribution in [0.1, 0.15) is 117 Å². The number of allylic oxidation sites excluding steroid dienone is 2. The number of carboxylic acid groups (broad SMARTS) is 1. The number of amides is 1. The first-order chi connectivity index (χ1) is 39.3. The number of fused-ring (bicyclic) bond motifs is 15. The molecule has 7 heterocycles. The number of pyridine rings is 2. The second-order valence-electron chi connectivity index (χ2n) is 23.3. The number of carbonyl (C=O) groups excluding carboxylic acids is 3. The number of hydrogen-bond donors (Lipinski definition) is 7. The number of benzene rings is 2. The number of aryl methyl sites for hydroxylation is 1. The molecule has 2 aromatic heterocycles. The Kier molecular flexibility index (Phi) is 17.1. The van der Waals surface area contributed by atoms with Crippen LogP contribution < -0.4 is 20.5 Å². The number of nitrogens with one attached hydrogen (secondary N) is 1. The average Bonchev–Trinajstić information content (AvgIpc) is 2.51. The van der Waals surface area contributed by atoms with Gasteiger partial charge in [0.1, 0.15) is 28.9 Å². The van der Waals surface area contributed by atoms with E-state index in [1.807, 2.05) is 4.90 Å². The van der Waals surface area contributed by atoms with Crippen LogP contribution in [0.25, 0.3) is 16.3 Å². The number of rotatable bonds is 9. The third-order valence-electron chi connectivity index (χ3n) is 17.5. The fourth-order valence-corrected chi connectivity index (χ4v) is 12.5. The van der Waals surface area contributed by atoms with Gasteiger partial charge in [-0.05, 0) is 75.1 Å². The molecular weight excluding hydrogens is 1080 g/mol. The van der Waals surface area contributed by atoms with E-state index in [1.165, 1.54) is 65.5 Å². The number of hydrogen-bond acceptors (Lipinski definition) is 18. The van der Waals surface area contributed by atoms with E-state index >= 15 is 4.39 Å². The van der Waals surface area contributed by atoms with Crippen LogP contribution in [0.5, 0.6) is 23.0 Å². The van der Waals surface area contributed by atoms with Crippen molar-refractivity contribution in [3.05, 3.63) is 98.0 Å². The summed E-state index contributed by atoms with van der Waals surface area (Å²) in [6, 6.07) is 1.45. The molecule has 1 saturated carbocycles. The molecule has 0 radical (unpaired) electrons. The molecule has 3 fully saturated rings. The molecule has 7 N–H and O–H groups in total. The number of aromatic hydroxyl groups is 3.